The number of ether oxygens (including phenoxy) is 2. The Kier molecular flexibility index (Phi) is 8.04. The second-order valence-electron chi connectivity index (χ2n) is 6.16. The van der Waals surface area contributed by atoms with Crippen LogP contribution in [0, 0.1) is 17.2 Å². The minimum atomic E-state index is -1.31. The molecule has 0 saturated carbocycles. The number of benzene rings is 1. The molecular formula is C22H22N2O5. The highest BCUT2D eigenvalue weighted by atomic mass is 16.6. The van der Waals surface area contributed by atoms with Gasteiger partial charge in [0.1, 0.15) is 5.69 Å². The summed E-state index contributed by atoms with van der Waals surface area (Å²) in [4.78, 5) is 42.1. The van der Waals surface area contributed by atoms with Crippen LogP contribution in [0.4, 0.5) is 0 Å². The molecule has 1 atom stereocenters. The summed E-state index contributed by atoms with van der Waals surface area (Å²) in [5, 5.41) is 9.03. The molecule has 0 fully saturated rings. The number of carbonyl (C=O) groups is 3. The maximum Gasteiger partial charge on any atom is 0.320 e. The summed E-state index contributed by atoms with van der Waals surface area (Å²) in [6.07, 6.45) is 1.35. The lowest BCUT2D eigenvalue weighted by Gasteiger charge is -2.24. The molecule has 0 aliphatic rings. The second kappa shape index (κ2) is 10.7. The molecule has 2 rings (SSSR count). The van der Waals surface area contributed by atoms with Gasteiger partial charge in [-0.3, -0.25) is 19.4 Å². The van der Waals surface area contributed by atoms with E-state index in [0.29, 0.717) is 11.1 Å². The molecular weight excluding hydrogens is 372 g/mol. The van der Waals surface area contributed by atoms with Crippen LogP contribution in [0.25, 0.3) is 0 Å². The molecule has 2 aromatic rings. The van der Waals surface area contributed by atoms with Crippen molar-refractivity contribution in [2.24, 2.45) is 5.92 Å². The van der Waals surface area contributed by atoms with Crippen LogP contribution in [-0.2, 0) is 19.1 Å². The number of rotatable bonds is 9. The third-order valence-electron chi connectivity index (χ3n) is 4.31. The summed E-state index contributed by atoms with van der Waals surface area (Å²) in [6, 6.07) is 13.4. The van der Waals surface area contributed by atoms with Gasteiger partial charge >= 0.3 is 11.9 Å². The van der Waals surface area contributed by atoms with E-state index in [-0.39, 0.29) is 31.1 Å². The molecule has 0 spiro atoms. The first-order chi connectivity index (χ1) is 14.0. The number of Topliss-reactive ketones (excluding diaryl/α,β-unsaturated/α-hetero) is 1. The Morgan fingerprint density at radius 1 is 1.00 bits per heavy atom. The molecule has 150 valence electrons. The van der Waals surface area contributed by atoms with Gasteiger partial charge in [-0.05, 0) is 43.7 Å². The van der Waals surface area contributed by atoms with Crippen molar-refractivity contribution < 1.29 is 23.9 Å². The highest BCUT2D eigenvalue weighted by molar-refractivity contribution is 5.99. The van der Waals surface area contributed by atoms with Crippen molar-refractivity contribution in [3.63, 3.8) is 0 Å². The van der Waals surface area contributed by atoms with Crippen molar-refractivity contribution in [3.8, 4) is 6.07 Å². The van der Waals surface area contributed by atoms with E-state index in [1.54, 1.807) is 56.3 Å². The first kappa shape index (κ1) is 21.8. The molecule has 1 aromatic carbocycles. The molecule has 0 N–H and O–H groups in total. The van der Waals surface area contributed by atoms with Crippen LogP contribution in [0.5, 0.6) is 0 Å². The van der Waals surface area contributed by atoms with Crippen LogP contribution < -0.4 is 0 Å². The van der Waals surface area contributed by atoms with Crippen LogP contribution in [0.15, 0.2) is 48.7 Å². The maximum atomic E-state index is 12.8. The monoisotopic (exact) mass is 394 g/mol. The van der Waals surface area contributed by atoms with E-state index in [1.165, 1.54) is 6.20 Å². The third-order valence-corrected chi connectivity index (χ3v) is 4.31. The second-order valence-corrected chi connectivity index (χ2v) is 6.16. The number of nitrogens with zero attached hydrogens (tertiary/aromatic N) is 2. The van der Waals surface area contributed by atoms with E-state index < -0.39 is 23.8 Å². The fraction of sp³-hybridized carbons (Fsp3) is 0.318. The van der Waals surface area contributed by atoms with Crippen LogP contribution >= 0.6 is 0 Å². The molecule has 1 aromatic heterocycles. The van der Waals surface area contributed by atoms with Gasteiger partial charge in [-0.2, -0.15) is 5.26 Å². The molecule has 0 saturated heterocycles. The number of esters is 2. The van der Waals surface area contributed by atoms with Gasteiger partial charge in [0, 0.05) is 18.5 Å². The van der Waals surface area contributed by atoms with Gasteiger partial charge < -0.3 is 9.47 Å². The number of carbonyl (C=O) groups excluding carboxylic acids is 3. The third kappa shape index (κ3) is 5.72. The first-order valence-electron chi connectivity index (χ1n) is 9.29. The summed E-state index contributed by atoms with van der Waals surface area (Å²) in [6.45, 7) is 3.44. The standard InChI is InChI=1S/C22H22N2O5/c1-3-28-21(26)20(22(27)29-4-2)17(16-10-8-15(14-23)9-11-16)13-19(25)18-7-5-6-12-24-18/h5-12,17,20H,3-4,13H2,1-2H3. The lowest BCUT2D eigenvalue weighted by Crippen LogP contribution is -2.34. The van der Waals surface area contributed by atoms with E-state index in [2.05, 4.69) is 4.98 Å². The molecule has 0 radical (unpaired) electrons. The predicted molar refractivity (Wildman–Crippen MR) is 104 cm³/mol. The van der Waals surface area contributed by atoms with Crippen LogP contribution in [0.3, 0.4) is 0 Å². The highest BCUT2D eigenvalue weighted by Gasteiger charge is 2.39. The Morgan fingerprint density at radius 3 is 2.10 bits per heavy atom. The predicted octanol–water partition coefficient (Wildman–Crippen LogP) is 3.05. The number of ketones is 1. The lowest BCUT2D eigenvalue weighted by atomic mass is 9.81. The number of hydrogen-bond donors (Lipinski definition) is 0. The van der Waals surface area contributed by atoms with Gasteiger partial charge in [0.15, 0.2) is 11.7 Å². The van der Waals surface area contributed by atoms with Gasteiger partial charge in [0.05, 0.1) is 24.8 Å². The number of aromatic nitrogens is 1. The summed E-state index contributed by atoms with van der Waals surface area (Å²) in [5.41, 5.74) is 1.21. The zero-order valence-electron chi connectivity index (χ0n) is 16.3. The van der Waals surface area contributed by atoms with Crippen molar-refractivity contribution in [2.75, 3.05) is 13.2 Å². The Balaban J connectivity index is 2.46. The van der Waals surface area contributed by atoms with Gasteiger partial charge in [-0.25, -0.2) is 0 Å². The smallest absolute Gasteiger partial charge is 0.320 e. The van der Waals surface area contributed by atoms with E-state index in [0.717, 1.165) is 0 Å². The largest absolute Gasteiger partial charge is 0.465 e. The highest BCUT2D eigenvalue weighted by Crippen LogP contribution is 2.32. The van der Waals surface area contributed by atoms with Crippen LogP contribution in [0.1, 0.15) is 47.8 Å². The quantitative estimate of drug-likeness (QED) is 0.365. The topological polar surface area (TPSA) is 106 Å². The molecule has 1 unspecified atom stereocenters. The average Bonchev–Trinajstić information content (AvgIpc) is 2.74. The minimum Gasteiger partial charge on any atom is -0.465 e. The van der Waals surface area contributed by atoms with Crippen molar-refractivity contribution in [3.05, 3.63) is 65.5 Å². The molecule has 29 heavy (non-hydrogen) atoms. The summed E-state index contributed by atoms with van der Waals surface area (Å²) >= 11 is 0. The lowest BCUT2D eigenvalue weighted by molar-refractivity contribution is -0.162. The van der Waals surface area contributed by atoms with Crippen molar-refractivity contribution >= 4 is 17.7 Å². The summed E-state index contributed by atoms with van der Waals surface area (Å²) < 4.78 is 10.2. The molecule has 7 nitrogen and oxygen atoms in total. The molecule has 0 amide bonds. The normalized spacial score (nSPS) is 11.4. The fourth-order valence-electron chi connectivity index (χ4n) is 2.95. The zero-order chi connectivity index (χ0) is 21.2. The van der Waals surface area contributed by atoms with E-state index in [1.807, 2.05) is 6.07 Å². The van der Waals surface area contributed by atoms with Crippen LogP contribution in [-0.4, -0.2) is 35.9 Å². The van der Waals surface area contributed by atoms with Gasteiger partial charge in [-0.1, -0.05) is 18.2 Å². The van der Waals surface area contributed by atoms with Crippen molar-refractivity contribution in [2.45, 2.75) is 26.2 Å². The number of hydrogen-bond acceptors (Lipinski definition) is 7. The zero-order valence-corrected chi connectivity index (χ0v) is 16.3. The Bertz CT molecular complexity index is 870. The summed E-state index contributed by atoms with van der Waals surface area (Å²) in [7, 11) is 0. The van der Waals surface area contributed by atoms with E-state index in [4.69, 9.17) is 14.7 Å². The number of pyridine rings is 1. The maximum absolute atomic E-state index is 12.8. The van der Waals surface area contributed by atoms with E-state index in [9.17, 15) is 14.4 Å². The molecule has 7 heteroatoms. The first-order valence-corrected chi connectivity index (χ1v) is 9.29. The molecule has 1 heterocycles. The molecule has 0 aliphatic carbocycles. The van der Waals surface area contributed by atoms with Gasteiger partial charge in [0.2, 0.25) is 0 Å². The SMILES string of the molecule is CCOC(=O)C(C(=O)OCC)C(CC(=O)c1ccccn1)c1ccc(C#N)cc1. The average molecular weight is 394 g/mol. The fourth-order valence-corrected chi connectivity index (χ4v) is 2.95. The number of nitriles is 1. The summed E-state index contributed by atoms with van der Waals surface area (Å²) in [5.74, 6) is -3.97. The van der Waals surface area contributed by atoms with Crippen molar-refractivity contribution in [1.29, 1.82) is 5.26 Å². The minimum absolute atomic E-state index is 0.0863. The molecule has 0 bridgehead atoms. The Labute approximate surface area is 169 Å². The van der Waals surface area contributed by atoms with Gasteiger partial charge in [-0.15, -0.1) is 0 Å². The Hall–Kier alpha value is -3.53. The molecule has 0 aliphatic heterocycles. The van der Waals surface area contributed by atoms with E-state index >= 15 is 0 Å². The van der Waals surface area contributed by atoms with Crippen LogP contribution in [0.2, 0.25) is 0 Å². The Morgan fingerprint density at radius 2 is 1.62 bits per heavy atom. The van der Waals surface area contributed by atoms with Gasteiger partial charge in [0.25, 0.3) is 0 Å². The van der Waals surface area contributed by atoms with Crippen molar-refractivity contribution in [1.82, 2.24) is 4.98 Å².